The highest BCUT2D eigenvalue weighted by Gasteiger charge is 2.39. The number of nitrogens with one attached hydrogen (secondary N) is 1. The van der Waals surface area contributed by atoms with Gasteiger partial charge in [-0.05, 0) is 43.9 Å². The number of amides is 2. The summed E-state index contributed by atoms with van der Waals surface area (Å²) >= 11 is 3.43. The van der Waals surface area contributed by atoms with Crippen LogP contribution in [0, 0.1) is 12.8 Å². The van der Waals surface area contributed by atoms with Crippen LogP contribution >= 0.6 is 15.9 Å². The van der Waals surface area contributed by atoms with Crippen LogP contribution in [0.15, 0.2) is 22.7 Å². The van der Waals surface area contributed by atoms with Crippen molar-refractivity contribution in [3.63, 3.8) is 0 Å². The average Bonchev–Trinajstić information content (AvgIpc) is 2.39. The third-order valence-electron chi connectivity index (χ3n) is 3.76. The molecule has 1 aromatic carbocycles. The lowest BCUT2D eigenvalue weighted by molar-refractivity contribution is -0.133. The van der Waals surface area contributed by atoms with Crippen LogP contribution in [0.2, 0.25) is 0 Å². The number of benzene rings is 1. The number of hydrogen-bond donors (Lipinski definition) is 1. The summed E-state index contributed by atoms with van der Waals surface area (Å²) in [5, 5.41) is 2.84. The van der Waals surface area contributed by atoms with Gasteiger partial charge in [0.15, 0.2) is 0 Å². The Kier molecular flexibility index (Phi) is 4.71. The molecule has 0 bridgehead atoms. The van der Waals surface area contributed by atoms with Crippen molar-refractivity contribution in [2.24, 2.45) is 5.92 Å². The van der Waals surface area contributed by atoms with Crippen LogP contribution < -0.4 is 10.2 Å². The fourth-order valence-electron chi connectivity index (χ4n) is 2.63. The lowest BCUT2D eigenvalue weighted by atomic mass is 9.98. The van der Waals surface area contributed by atoms with Gasteiger partial charge in [0.25, 0.3) is 0 Å². The van der Waals surface area contributed by atoms with Crippen LogP contribution in [0.4, 0.5) is 5.69 Å². The minimum atomic E-state index is -0.492. The minimum Gasteiger partial charge on any atom is -0.342 e. The van der Waals surface area contributed by atoms with E-state index in [1.165, 1.54) is 0 Å². The topological polar surface area (TPSA) is 49.4 Å². The maximum Gasteiger partial charge on any atom is 0.250 e. The summed E-state index contributed by atoms with van der Waals surface area (Å²) in [6.07, 6.45) is 0.654. The Morgan fingerprint density at radius 2 is 2.00 bits per heavy atom. The van der Waals surface area contributed by atoms with E-state index in [0.717, 1.165) is 15.7 Å². The second-order valence-electron chi connectivity index (χ2n) is 6.01. The number of aryl methyl sites for hydroxylation is 1. The first-order chi connectivity index (χ1) is 9.81. The summed E-state index contributed by atoms with van der Waals surface area (Å²) < 4.78 is 0.898. The molecule has 2 unspecified atom stereocenters. The fraction of sp³-hybridized carbons (Fsp3) is 0.500. The first-order valence-electron chi connectivity index (χ1n) is 7.21. The van der Waals surface area contributed by atoms with Gasteiger partial charge in [0.05, 0.1) is 0 Å². The van der Waals surface area contributed by atoms with E-state index >= 15 is 0 Å². The molecule has 0 aliphatic carbocycles. The lowest BCUT2D eigenvalue weighted by Crippen LogP contribution is -2.63. The standard InChI is InChI=1S/C16H21BrN2O2/c1-9(2)7-13-16(21)19(11(4)15(20)18-13)14-8-12(17)6-5-10(14)3/h5-6,8-9,11,13H,7H2,1-4H3,(H,18,20). The molecule has 2 amide bonds. The molecule has 0 saturated carbocycles. The SMILES string of the molecule is Cc1ccc(Br)cc1N1C(=O)C(CC(C)C)NC(=O)C1C. The maximum atomic E-state index is 12.8. The zero-order valence-electron chi connectivity index (χ0n) is 12.8. The van der Waals surface area contributed by atoms with Crippen molar-refractivity contribution < 1.29 is 9.59 Å². The van der Waals surface area contributed by atoms with Gasteiger partial charge in [-0.3, -0.25) is 14.5 Å². The molecule has 4 nitrogen and oxygen atoms in total. The molecule has 2 atom stereocenters. The van der Waals surface area contributed by atoms with E-state index < -0.39 is 12.1 Å². The number of halogens is 1. The summed E-state index contributed by atoms with van der Waals surface area (Å²) in [6.45, 7) is 7.81. The van der Waals surface area contributed by atoms with E-state index in [0.29, 0.717) is 12.3 Å². The molecule has 1 aliphatic rings. The third-order valence-corrected chi connectivity index (χ3v) is 4.25. The first-order valence-corrected chi connectivity index (χ1v) is 8.00. The van der Waals surface area contributed by atoms with E-state index in [1.54, 1.807) is 11.8 Å². The molecule has 1 aliphatic heterocycles. The van der Waals surface area contributed by atoms with Crippen LogP contribution in [0.25, 0.3) is 0 Å². The molecular weight excluding hydrogens is 332 g/mol. The van der Waals surface area contributed by atoms with Gasteiger partial charge >= 0.3 is 0 Å². The van der Waals surface area contributed by atoms with Crippen molar-refractivity contribution in [3.05, 3.63) is 28.2 Å². The number of rotatable bonds is 3. The summed E-state index contributed by atoms with van der Waals surface area (Å²) in [5.41, 5.74) is 1.78. The van der Waals surface area contributed by atoms with Gasteiger partial charge in [-0.15, -0.1) is 0 Å². The van der Waals surface area contributed by atoms with Gasteiger partial charge in [0.1, 0.15) is 12.1 Å². The van der Waals surface area contributed by atoms with Gasteiger partial charge in [-0.25, -0.2) is 0 Å². The van der Waals surface area contributed by atoms with E-state index in [9.17, 15) is 9.59 Å². The van der Waals surface area contributed by atoms with E-state index in [2.05, 4.69) is 21.2 Å². The van der Waals surface area contributed by atoms with Crippen LogP contribution in [0.5, 0.6) is 0 Å². The normalized spacial score (nSPS) is 22.7. The molecule has 21 heavy (non-hydrogen) atoms. The van der Waals surface area contributed by atoms with Crippen LogP contribution in [0.3, 0.4) is 0 Å². The highest BCUT2D eigenvalue weighted by atomic mass is 79.9. The van der Waals surface area contributed by atoms with Crippen LogP contribution in [0.1, 0.15) is 32.8 Å². The molecule has 5 heteroatoms. The predicted molar refractivity (Wildman–Crippen MR) is 87.2 cm³/mol. The van der Waals surface area contributed by atoms with Gasteiger partial charge in [0, 0.05) is 10.2 Å². The summed E-state index contributed by atoms with van der Waals surface area (Å²) in [4.78, 5) is 26.6. The predicted octanol–water partition coefficient (Wildman–Crippen LogP) is 3.02. The lowest BCUT2D eigenvalue weighted by Gasteiger charge is -2.38. The summed E-state index contributed by atoms with van der Waals surface area (Å²) in [7, 11) is 0. The molecular formula is C16H21BrN2O2. The zero-order valence-corrected chi connectivity index (χ0v) is 14.4. The molecule has 1 aromatic rings. The number of anilines is 1. The van der Waals surface area contributed by atoms with Crippen molar-refractivity contribution in [2.75, 3.05) is 4.90 Å². The van der Waals surface area contributed by atoms with E-state index in [4.69, 9.17) is 0 Å². The van der Waals surface area contributed by atoms with Crippen molar-refractivity contribution in [2.45, 2.75) is 46.2 Å². The number of carbonyl (C=O) groups excluding carboxylic acids is 2. The van der Waals surface area contributed by atoms with Crippen LogP contribution in [-0.2, 0) is 9.59 Å². The molecule has 1 saturated heterocycles. The highest BCUT2D eigenvalue weighted by Crippen LogP contribution is 2.29. The molecule has 1 heterocycles. The van der Waals surface area contributed by atoms with Crippen LogP contribution in [-0.4, -0.2) is 23.9 Å². The van der Waals surface area contributed by atoms with Crippen molar-refractivity contribution in [1.82, 2.24) is 5.32 Å². The second-order valence-corrected chi connectivity index (χ2v) is 6.92. The highest BCUT2D eigenvalue weighted by molar-refractivity contribution is 9.10. The van der Waals surface area contributed by atoms with Gasteiger partial charge in [-0.2, -0.15) is 0 Å². The smallest absolute Gasteiger partial charge is 0.250 e. The Morgan fingerprint density at radius 1 is 1.33 bits per heavy atom. The number of hydrogen-bond acceptors (Lipinski definition) is 2. The Labute approximate surface area is 134 Å². The molecule has 1 fully saturated rings. The zero-order chi connectivity index (χ0) is 15.7. The Balaban J connectivity index is 2.41. The molecule has 1 N–H and O–H groups in total. The molecule has 0 radical (unpaired) electrons. The van der Waals surface area contributed by atoms with Crippen molar-refractivity contribution in [1.29, 1.82) is 0 Å². The van der Waals surface area contributed by atoms with Crippen molar-refractivity contribution in [3.8, 4) is 0 Å². The quantitative estimate of drug-likeness (QED) is 0.908. The van der Waals surface area contributed by atoms with Gasteiger partial charge < -0.3 is 5.32 Å². The largest absolute Gasteiger partial charge is 0.342 e. The Bertz CT molecular complexity index is 571. The van der Waals surface area contributed by atoms with E-state index in [1.807, 2.05) is 39.0 Å². The third kappa shape index (κ3) is 3.28. The van der Waals surface area contributed by atoms with Gasteiger partial charge in [0.2, 0.25) is 11.8 Å². The summed E-state index contributed by atoms with van der Waals surface area (Å²) in [6, 6.07) is 4.85. The second kappa shape index (κ2) is 6.18. The first kappa shape index (κ1) is 16.0. The average molecular weight is 353 g/mol. The number of carbonyl (C=O) groups is 2. The molecule has 0 spiro atoms. The molecule has 114 valence electrons. The molecule has 0 aromatic heterocycles. The monoisotopic (exact) mass is 352 g/mol. The van der Waals surface area contributed by atoms with E-state index in [-0.39, 0.29) is 11.8 Å². The Morgan fingerprint density at radius 3 is 2.62 bits per heavy atom. The maximum absolute atomic E-state index is 12.8. The molecule has 2 rings (SSSR count). The van der Waals surface area contributed by atoms with Crippen molar-refractivity contribution >= 4 is 33.4 Å². The fourth-order valence-corrected chi connectivity index (χ4v) is 2.98. The Hall–Kier alpha value is -1.36. The summed E-state index contributed by atoms with van der Waals surface area (Å²) in [5.74, 6) is 0.217. The number of nitrogens with zero attached hydrogens (tertiary/aromatic N) is 1. The number of piperazine rings is 1. The minimum absolute atomic E-state index is 0.0306. The van der Waals surface area contributed by atoms with Gasteiger partial charge in [-0.1, -0.05) is 35.8 Å².